The second kappa shape index (κ2) is 7.98. The summed E-state index contributed by atoms with van der Waals surface area (Å²) in [6, 6.07) is 7.28. The van der Waals surface area contributed by atoms with Gasteiger partial charge in [0.25, 0.3) is 5.91 Å². The van der Waals surface area contributed by atoms with Crippen LogP contribution in [-0.2, 0) is 14.1 Å². The number of carbonyl (C=O) groups excluding carboxylic acids is 2. The lowest BCUT2D eigenvalue weighted by atomic mass is 9.78. The van der Waals surface area contributed by atoms with Crippen molar-refractivity contribution in [2.75, 3.05) is 12.8 Å². The number of nitrogens with one attached hydrogen (secondary N) is 1. The summed E-state index contributed by atoms with van der Waals surface area (Å²) in [6.45, 7) is 9.55. The van der Waals surface area contributed by atoms with Crippen LogP contribution in [0.2, 0.25) is 0 Å². The zero-order valence-electron chi connectivity index (χ0n) is 16.2. The van der Waals surface area contributed by atoms with Crippen LogP contribution in [0, 0.1) is 0 Å². The third-order valence-electron chi connectivity index (χ3n) is 4.75. The van der Waals surface area contributed by atoms with Crippen LogP contribution in [-0.4, -0.2) is 42.1 Å². The average Bonchev–Trinajstić information content (AvgIpc) is 2.78. The molecule has 1 aliphatic heterocycles. The molecule has 0 aromatic heterocycles. The van der Waals surface area contributed by atoms with Crippen LogP contribution < -0.4 is 5.32 Å². The second-order valence-electron chi connectivity index (χ2n) is 7.29. The molecule has 0 atom stereocenters. The normalized spacial score (nSPS) is 18.7. The minimum absolute atomic E-state index is 0.0439. The number of rotatable bonds is 5. The summed E-state index contributed by atoms with van der Waals surface area (Å²) >= 11 is 1.23. The third kappa shape index (κ3) is 4.78. The lowest BCUT2D eigenvalue weighted by Crippen LogP contribution is -2.41. The van der Waals surface area contributed by atoms with Crippen molar-refractivity contribution < 1.29 is 18.9 Å². The summed E-state index contributed by atoms with van der Waals surface area (Å²) in [5.41, 5.74) is 1.52. The first-order chi connectivity index (χ1) is 12.1. The van der Waals surface area contributed by atoms with Crippen LogP contribution in [0.4, 0.5) is 0 Å². The van der Waals surface area contributed by atoms with Crippen LogP contribution in [0.1, 0.15) is 50.5 Å². The Kier molecular flexibility index (Phi) is 6.37. The molecule has 0 radical (unpaired) electrons. The highest BCUT2D eigenvalue weighted by Crippen LogP contribution is 2.39. The Hall–Kier alpha value is -1.57. The maximum absolute atomic E-state index is 11.7. The molecule has 1 saturated heterocycles. The fourth-order valence-electron chi connectivity index (χ4n) is 2.45. The molecule has 1 aromatic carbocycles. The number of carbonyl (C=O) groups is 2. The van der Waals surface area contributed by atoms with Crippen molar-refractivity contribution in [1.82, 2.24) is 5.32 Å². The molecule has 1 N–H and O–H groups in total. The number of thioether (sulfide) groups is 1. The maximum Gasteiger partial charge on any atom is 0.491 e. The van der Waals surface area contributed by atoms with E-state index in [-0.39, 0.29) is 11.0 Å². The Morgan fingerprint density at radius 1 is 1.12 bits per heavy atom. The molecule has 0 spiro atoms. The van der Waals surface area contributed by atoms with E-state index in [1.165, 1.54) is 11.8 Å². The monoisotopic (exact) mass is 375 g/mol. The molecule has 140 valence electrons. The Morgan fingerprint density at radius 2 is 1.65 bits per heavy atom. The minimum Gasteiger partial charge on any atom is -0.400 e. The quantitative estimate of drug-likeness (QED) is 0.800. The summed E-state index contributed by atoms with van der Waals surface area (Å²) < 4.78 is 12.3. The molecule has 26 heavy (non-hydrogen) atoms. The van der Waals surface area contributed by atoms with Gasteiger partial charge in [0.05, 0.1) is 11.2 Å². The van der Waals surface area contributed by atoms with E-state index in [9.17, 15) is 9.59 Å². The predicted octanol–water partition coefficient (Wildman–Crippen LogP) is 3.34. The number of hydrogen-bond donors (Lipinski definition) is 1. The molecule has 5 nitrogen and oxygen atoms in total. The fraction of sp³-hybridized carbons (Fsp3) is 0.474. The van der Waals surface area contributed by atoms with E-state index in [0.717, 1.165) is 11.0 Å². The first-order valence-corrected chi connectivity index (χ1v) is 9.56. The van der Waals surface area contributed by atoms with Gasteiger partial charge in [-0.2, -0.15) is 0 Å². The van der Waals surface area contributed by atoms with Crippen LogP contribution in [0.5, 0.6) is 0 Å². The highest BCUT2D eigenvalue weighted by molar-refractivity contribution is 8.13. The summed E-state index contributed by atoms with van der Waals surface area (Å²) in [5, 5.41) is 2.65. The highest BCUT2D eigenvalue weighted by atomic mass is 32.2. The van der Waals surface area contributed by atoms with Gasteiger partial charge < -0.3 is 14.6 Å². The van der Waals surface area contributed by atoms with Crippen molar-refractivity contribution in [2.24, 2.45) is 0 Å². The molecule has 1 fully saturated rings. The van der Waals surface area contributed by atoms with E-state index in [2.05, 4.69) is 5.32 Å². The number of amides is 1. The van der Waals surface area contributed by atoms with E-state index in [0.29, 0.717) is 11.3 Å². The van der Waals surface area contributed by atoms with Crippen molar-refractivity contribution in [2.45, 2.75) is 45.8 Å². The van der Waals surface area contributed by atoms with Gasteiger partial charge in [-0.3, -0.25) is 9.59 Å². The zero-order valence-corrected chi connectivity index (χ0v) is 17.0. The molecule has 7 heteroatoms. The van der Waals surface area contributed by atoms with Crippen molar-refractivity contribution >= 4 is 36.0 Å². The Labute approximate surface area is 160 Å². The summed E-state index contributed by atoms with van der Waals surface area (Å²) in [6.07, 6.45) is 1.96. The smallest absolute Gasteiger partial charge is 0.400 e. The van der Waals surface area contributed by atoms with Gasteiger partial charge in [-0.15, -0.1) is 0 Å². The fourth-order valence-corrected chi connectivity index (χ4v) is 3.04. The molecule has 2 rings (SSSR count). The maximum atomic E-state index is 11.7. The molecule has 1 heterocycles. The van der Waals surface area contributed by atoms with Gasteiger partial charge in [0.15, 0.2) is 5.12 Å². The number of hydrogen-bond acceptors (Lipinski definition) is 5. The second-order valence-corrected chi connectivity index (χ2v) is 8.44. The molecule has 0 saturated carbocycles. The standard InChI is InChI=1S/C19H26BNO4S/c1-13(22)26-12-16(20-24-18(2,3)19(4,5)25-20)11-14-7-9-15(10-8-14)17(23)21-6/h7-11H,12H2,1-6H3,(H,21,23). The average molecular weight is 375 g/mol. The molecule has 0 unspecified atom stereocenters. The van der Waals surface area contributed by atoms with Gasteiger partial charge in [0.2, 0.25) is 0 Å². The van der Waals surface area contributed by atoms with Gasteiger partial charge in [-0.05, 0) is 50.9 Å². The molecule has 1 aliphatic rings. The van der Waals surface area contributed by atoms with Crippen molar-refractivity contribution in [3.05, 3.63) is 40.9 Å². The summed E-state index contributed by atoms with van der Waals surface area (Å²) in [7, 11) is 1.09. The molecule has 0 bridgehead atoms. The van der Waals surface area contributed by atoms with Crippen LogP contribution in [0.3, 0.4) is 0 Å². The first kappa shape index (κ1) is 20.7. The van der Waals surface area contributed by atoms with Gasteiger partial charge >= 0.3 is 7.12 Å². The van der Waals surface area contributed by atoms with E-state index in [1.54, 1.807) is 26.1 Å². The Bertz CT molecular complexity index is 697. The van der Waals surface area contributed by atoms with E-state index >= 15 is 0 Å². The molecule has 0 aliphatic carbocycles. The first-order valence-electron chi connectivity index (χ1n) is 8.57. The Balaban J connectivity index is 2.28. The van der Waals surface area contributed by atoms with Gasteiger partial charge in [0.1, 0.15) is 0 Å². The molecular formula is C19H26BNO4S. The van der Waals surface area contributed by atoms with Gasteiger partial charge in [-0.25, -0.2) is 0 Å². The van der Waals surface area contributed by atoms with Gasteiger partial charge in [-0.1, -0.05) is 30.0 Å². The molecule has 1 aromatic rings. The van der Waals surface area contributed by atoms with E-state index in [1.807, 2.05) is 45.9 Å². The largest absolute Gasteiger partial charge is 0.491 e. The SMILES string of the molecule is CNC(=O)c1ccc(C=C(CSC(C)=O)B2OC(C)(C)C(C)(C)O2)cc1. The zero-order chi connectivity index (χ0) is 19.5. The molecular weight excluding hydrogens is 349 g/mol. The van der Waals surface area contributed by atoms with Crippen LogP contribution >= 0.6 is 11.8 Å². The van der Waals surface area contributed by atoms with Crippen molar-refractivity contribution in [3.8, 4) is 0 Å². The topological polar surface area (TPSA) is 64.6 Å². The third-order valence-corrected chi connectivity index (χ3v) is 5.63. The lowest BCUT2D eigenvalue weighted by Gasteiger charge is -2.32. The summed E-state index contributed by atoms with van der Waals surface area (Å²) in [5.74, 6) is 0.363. The number of benzene rings is 1. The lowest BCUT2D eigenvalue weighted by molar-refractivity contribution is -0.109. The van der Waals surface area contributed by atoms with Crippen LogP contribution in [0.15, 0.2) is 29.7 Å². The van der Waals surface area contributed by atoms with E-state index in [4.69, 9.17) is 9.31 Å². The molecule has 1 amide bonds. The predicted molar refractivity (Wildman–Crippen MR) is 107 cm³/mol. The summed E-state index contributed by atoms with van der Waals surface area (Å²) in [4.78, 5) is 23.1. The van der Waals surface area contributed by atoms with Gasteiger partial charge in [0, 0.05) is 25.3 Å². The van der Waals surface area contributed by atoms with E-state index < -0.39 is 18.3 Å². The minimum atomic E-state index is -0.509. The van der Waals surface area contributed by atoms with Crippen LogP contribution in [0.25, 0.3) is 6.08 Å². The Morgan fingerprint density at radius 3 is 2.12 bits per heavy atom. The van der Waals surface area contributed by atoms with Crippen molar-refractivity contribution in [3.63, 3.8) is 0 Å². The highest BCUT2D eigenvalue weighted by Gasteiger charge is 2.52. The van der Waals surface area contributed by atoms with Crippen molar-refractivity contribution in [1.29, 1.82) is 0 Å².